The average Bonchev–Trinajstić information content (AvgIpc) is 2.85. The Hall–Kier alpha value is -2.20. The van der Waals surface area contributed by atoms with Crippen molar-refractivity contribution < 1.29 is 37.0 Å². The third-order valence-electron chi connectivity index (χ3n) is 5.86. The van der Waals surface area contributed by atoms with Gasteiger partial charge in [0.05, 0.1) is 21.7 Å². The molecule has 216 valence electrons. The maximum atomic E-state index is 12.0. The van der Waals surface area contributed by atoms with Crippen LogP contribution < -0.4 is 9.47 Å². The number of rotatable bonds is 14. The van der Waals surface area contributed by atoms with Crippen molar-refractivity contribution in [2.24, 2.45) is 0 Å². The SMILES string of the molecule is CCS(=O)(=O)C[C@H](COc1ccc(C(C)(C)c2cc(Cl)c(OC[C@@H](CCl)OC(C)=O)c(Cl)c2)cc1)OC(C)=O. The lowest BCUT2D eigenvalue weighted by atomic mass is 9.78. The third-order valence-corrected chi connectivity index (χ3v) is 8.53. The number of carbonyl (C=O) groups is 2. The minimum Gasteiger partial charge on any atom is -0.490 e. The number of halogens is 3. The van der Waals surface area contributed by atoms with E-state index in [4.69, 9.17) is 53.8 Å². The molecule has 0 saturated heterocycles. The van der Waals surface area contributed by atoms with E-state index < -0.39 is 39.4 Å². The highest BCUT2D eigenvalue weighted by atomic mass is 35.5. The smallest absolute Gasteiger partial charge is 0.303 e. The molecule has 39 heavy (non-hydrogen) atoms. The van der Waals surface area contributed by atoms with Gasteiger partial charge in [-0.1, -0.05) is 56.1 Å². The highest BCUT2D eigenvalue weighted by Gasteiger charge is 2.27. The minimum atomic E-state index is -3.36. The molecule has 0 radical (unpaired) electrons. The first-order chi connectivity index (χ1) is 18.2. The van der Waals surface area contributed by atoms with Crippen molar-refractivity contribution in [1.82, 2.24) is 0 Å². The molecule has 0 fully saturated rings. The van der Waals surface area contributed by atoms with Gasteiger partial charge < -0.3 is 18.9 Å². The molecule has 2 atom stereocenters. The van der Waals surface area contributed by atoms with Crippen molar-refractivity contribution in [3.05, 3.63) is 57.6 Å². The zero-order valence-electron chi connectivity index (χ0n) is 22.5. The van der Waals surface area contributed by atoms with Crippen LogP contribution in [0.1, 0.15) is 45.7 Å². The maximum Gasteiger partial charge on any atom is 0.303 e. The minimum absolute atomic E-state index is 0.00455. The van der Waals surface area contributed by atoms with Gasteiger partial charge in [-0.05, 0) is 35.4 Å². The molecular formula is C27H33Cl3O8S. The summed E-state index contributed by atoms with van der Waals surface area (Å²) in [5.74, 6) is -0.614. The largest absolute Gasteiger partial charge is 0.490 e. The normalized spacial score (nSPS) is 13.3. The van der Waals surface area contributed by atoms with Crippen LogP contribution in [0.5, 0.6) is 11.5 Å². The highest BCUT2D eigenvalue weighted by molar-refractivity contribution is 7.91. The van der Waals surface area contributed by atoms with E-state index in [1.54, 1.807) is 24.3 Å². The summed E-state index contributed by atoms with van der Waals surface area (Å²) in [5, 5.41) is 0.584. The molecule has 2 aromatic carbocycles. The molecule has 0 aliphatic rings. The summed E-state index contributed by atoms with van der Waals surface area (Å²) in [6.07, 6.45) is -1.56. The predicted octanol–water partition coefficient (Wildman–Crippen LogP) is 5.61. The lowest BCUT2D eigenvalue weighted by molar-refractivity contribution is -0.147. The number of hydrogen-bond acceptors (Lipinski definition) is 8. The Kier molecular flexibility index (Phi) is 12.2. The second-order valence-corrected chi connectivity index (χ2v) is 12.9. The number of alkyl halides is 1. The van der Waals surface area contributed by atoms with Gasteiger partial charge in [-0.3, -0.25) is 9.59 Å². The van der Waals surface area contributed by atoms with Crippen LogP contribution >= 0.6 is 34.8 Å². The van der Waals surface area contributed by atoms with Crippen LogP contribution in [0.25, 0.3) is 0 Å². The number of sulfone groups is 1. The van der Waals surface area contributed by atoms with Crippen LogP contribution in [0.15, 0.2) is 36.4 Å². The molecule has 8 nitrogen and oxygen atoms in total. The van der Waals surface area contributed by atoms with E-state index in [1.807, 2.05) is 26.0 Å². The van der Waals surface area contributed by atoms with Gasteiger partial charge in [0.15, 0.2) is 15.6 Å². The van der Waals surface area contributed by atoms with E-state index in [0.29, 0.717) is 15.8 Å². The van der Waals surface area contributed by atoms with E-state index >= 15 is 0 Å². The van der Waals surface area contributed by atoms with Crippen molar-refractivity contribution in [2.75, 3.05) is 30.6 Å². The van der Waals surface area contributed by atoms with Gasteiger partial charge in [0, 0.05) is 25.0 Å². The Morgan fingerprint density at radius 2 is 1.38 bits per heavy atom. The van der Waals surface area contributed by atoms with Gasteiger partial charge in [0.2, 0.25) is 0 Å². The van der Waals surface area contributed by atoms with E-state index in [1.165, 1.54) is 20.8 Å². The van der Waals surface area contributed by atoms with Gasteiger partial charge in [0.25, 0.3) is 0 Å². The Bertz CT molecular complexity index is 1220. The van der Waals surface area contributed by atoms with Crippen LogP contribution in [-0.4, -0.2) is 63.2 Å². The first-order valence-electron chi connectivity index (χ1n) is 12.1. The van der Waals surface area contributed by atoms with Crippen LogP contribution in [0.3, 0.4) is 0 Å². The van der Waals surface area contributed by atoms with Crippen molar-refractivity contribution in [2.45, 2.75) is 52.2 Å². The standard InChI is InChI=1S/C27H33Cl3O8S/c1-6-39(33,34)16-23(38-18(3)32)15-35-21-9-7-19(8-10-21)27(4,5)20-11-24(29)26(25(30)12-20)36-14-22(13-28)37-17(2)31/h7-12,22-23H,6,13-16H2,1-5H3/t22-,23+/m1/s1. The average molecular weight is 624 g/mol. The van der Waals surface area contributed by atoms with Crippen LogP contribution in [0, 0.1) is 0 Å². The molecule has 0 amide bonds. The van der Waals surface area contributed by atoms with Gasteiger partial charge in [0.1, 0.15) is 31.2 Å². The Balaban J connectivity index is 2.15. The van der Waals surface area contributed by atoms with E-state index in [0.717, 1.165) is 11.1 Å². The van der Waals surface area contributed by atoms with E-state index in [-0.39, 0.29) is 36.3 Å². The number of ether oxygens (including phenoxy) is 4. The fourth-order valence-electron chi connectivity index (χ4n) is 3.66. The lowest BCUT2D eigenvalue weighted by Crippen LogP contribution is -2.32. The van der Waals surface area contributed by atoms with Gasteiger partial charge in [-0.2, -0.15) is 0 Å². The molecule has 0 saturated carbocycles. The van der Waals surface area contributed by atoms with Crippen LogP contribution in [0.2, 0.25) is 10.0 Å². The Morgan fingerprint density at radius 1 is 0.872 bits per heavy atom. The zero-order chi connectivity index (χ0) is 29.4. The monoisotopic (exact) mass is 622 g/mol. The molecule has 0 aliphatic carbocycles. The molecule has 0 aromatic heterocycles. The molecule has 2 aromatic rings. The molecule has 2 rings (SSSR count). The predicted molar refractivity (Wildman–Crippen MR) is 152 cm³/mol. The van der Waals surface area contributed by atoms with E-state index in [2.05, 4.69) is 0 Å². The first-order valence-corrected chi connectivity index (χ1v) is 15.3. The number of esters is 2. The summed E-state index contributed by atoms with van der Waals surface area (Å²) in [6.45, 7) is 7.94. The molecular weight excluding hydrogens is 591 g/mol. The zero-order valence-corrected chi connectivity index (χ0v) is 25.5. The lowest BCUT2D eigenvalue weighted by Gasteiger charge is -2.27. The third kappa shape index (κ3) is 10.0. The molecule has 0 bridgehead atoms. The maximum absolute atomic E-state index is 12.0. The van der Waals surface area contributed by atoms with E-state index in [9.17, 15) is 18.0 Å². The van der Waals surface area contributed by atoms with Gasteiger partial charge in [-0.15, -0.1) is 11.6 Å². The number of benzene rings is 2. The first kappa shape index (κ1) is 33.0. The fraction of sp³-hybridized carbons (Fsp3) is 0.481. The van der Waals surface area contributed by atoms with Crippen molar-refractivity contribution in [1.29, 1.82) is 0 Å². The summed E-state index contributed by atoms with van der Waals surface area (Å²) in [5.41, 5.74) is 1.24. The molecule has 0 unspecified atom stereocenters. The second kappa shape index (κ2) is 14.4. The summed E-state index contributed by atoms with van der Waals surface area (Å²) in [4.78, 5) is 22.6. The summed E-state index contributed by atoms with van der Waals surface area (Å²) in [7, 11) is -3.36. The van der Waals surface area contributed by atoms with Crippen LogP contribution in [0.4, 0.5) is 0 Å². The van der Waals surface area contributed by atoms with Crippen molar-refractivity contribution >= 4 is 56.6 Å². The summed E-state index contributed by atoms with van der Waals surface area (Å²) >= 11 is 18.8. The topological polar surface area (TPSA) is 105 Å². The summed E-state index contributed by atoms with van der Waals surface area (Å²) in [6, 6.07) is 10.8. The molecule has 0 spiro atoms. The Labute approximate surface area is 244 Å². The van der Waals surface area contributed by atoms with Crippen LogP contribution in [-0.2, 0) is 34.3 Å². The molecule has 12 heteroatoms. The molecule has 0 aliphatic heterocycles. The second-order valence-electron chi connectivity index (χ2n) is 9.36. The summed E-state index contributed by atoms with van der Waals surface area (Å²) < 4.78 is 45.6. The molecule has 0 N–H and O–H groups in total. The quantitative estimate of drug-likeness (QED) is 0.197. The number of hydrogen-bond donors (Lipinski definition) is 0. The fourth-order valence-corrected chi connectivity index (χ4v) is 5.37. The number of carbonyl (C=O) groups excluding carboxylic acids is 2. The van der Waals surface area contributed by atoms with Gasteiger partial charge >= 0.3 is 11.9 Å². The van der Waals surface area contributed by atoms with Crippen molar-refractivity contribution in [3.8, 4) is 11.5 Å². The van der Waals surface area contributed by atoms with Crippen molar-refractivity contribution in [3.63, 3.8) is 0 Å². The highest BCUT2D eigenvalue weighted by Crippen LogP contribution is 2.40. The van der Waals surface area contributed by atoms with Gasteiger partial charge in [-0.25, -0.2) is 8.42 Å². The molecule has 0 heterocycles. The Morgan fingerprint density at radius 3 is 1.87 bits per heavy atom.